The number of ketones is 1. The molecule has 0 amide bonds. The molecule has 1 unspecified atom stereocenters. The fraction of sp³-hybridized carbons (Fsp3) is 0.846. The van der Waals surface area contributed by atoms with Gasteiger partial charge in [-0.1, -0.05) is 0 Å². The first-order valence-corrected chi connectivity index (χ1v) is 6.39. The smallest absolute Gasteiger partial charge is 0.303 e. The molecule has 5 heteroatoms. The second-order valence-electron chi connectivity index (χ2n) is 5.86. The highest BCUT2D eigenvalue weighted by atomic mass is 16.4. The maximum Gasteiger partial charge on any atom is 0.303 e. The van der Waals surface area contributed by atoms with Crippen molar-refractivity contribution in [1.82, 2.24) is 0 Å². The molecular weight excluding hydrogens is 234 g/mol. The topological polar surface area (TPSA) is 74.6 Å². The number of hydrogen-bond acceptors (Lipinski definition) is 3. The standard InChI is InChI=1S/C13H25NO4/c1-14(2,3)10-11(9-13(17)18)8-12(16)6-4-5-7-15/h11,15H,4-10H2,1-3H3/p+1. The van der Waals surface area contributed by atoms with Gasteiger partial charge in [-0.3, -0.25) is 9.59 Å². The largest absolute Gasteiger partial charge is 0.481 e. The Kier molecular flexibility index (Phi) is 7.78. The van der Waals surface area contributed by atoms with Crippen molar-refractivity contribution in [1.29, 1.82) is 0 Å². The lowest BCUT2D eigenvalue weighted by molar-refractivity contribution is -0.873. The van der Waals surface area contributed by atoms with Crippen molar-refractivity contribution in [3.8, 4) is 0 Å². The number of carboxylic acid groups (broad SMARTS) is 1. The normalized spacial score (nSPS) is 13.3. The van der Waals surface area contributed by atoms with E-state index in [-0.39, 0.29) is 24.7 Å². The van der Waals surface area contributed by atoms with Crippen LogP contribution in [0.4, 0.5) is 0 Å². The van der Waals surface area contributed by atoms with Crippen molar-refractivity contribution in [2.45, 2.75) is 32.1 Å². The maximum atomic E-state index is 11.7. The average molecular weight is 260 g/mol. The van der Waals surface area contributed by atoms with Gasteiger partial charge in [-0.15, -0.1) is 0 Å². The zero-order valence-electron chi connectivity index (χ0n) is 11.7. The second-order valence-corrected chi connectivity index (χ2v) is 5.86. The predicted octanol–water partition coefficient (Wildman–Crippen LogP) is 0.905. The molecular formula is C13H26NO4+. The summed E-state index contributed by atoms with van der Waals surface area (Å²) >= 11 is 0. The number of carbonyl (C=O) groups is 2. The minimum Gasteiger partial charge on any atom is -0.481 e. The van der Waals surface area contributed by atoms with Gasteiger partial charge in [-0.2, -0.15) is 0 Å². The summed E-state index contributed by atoms with van der Waals surface area (Å²) in [6.45, 7) is 0.781. The van der Waals surface area contributed by atoms with Gasteiger partial charge in [0.2, 0.25) is 0 Å². The Morgan fingerprint density at radius 3 is 2.17 bits per heavy atom. The van der Waals surface area contributed by atoms with Gasteiger partial charge in [0, 0.05) is 25.4 Å². The van der Waals surface area contributed by atoms with Crippen LogP contribution in [0.3, 0.4) is 0 Å². The second kappa shape index (κ2) is 8.21. The van der Waals surface area contributed by atoms with Crippen LogP contribution in [0, 0.1) is 5.92 Å². The molecule has 0 rings (SSSR count). The van der Waals surface area contributed by atoms with Crippen molar-refractivity contribution in [2.24, 2.45) is 5.92 Å². The van der Waals surface area contributed by atoms with Crippen molar-refractivity contribution in [3.63, 3.8) is 0 Å². The molecule has 2 N–H and O–H groups in total. The molecule has 0 aromatic heterocycles. The van der Waals surface area contributed by atoms with Crippen molar-refractivity contribution in [2.75, 3.05) is 34.3 Å². The lowest BCUT2D eigenvalue weighted by Gasteiger charge is -2.28. The van der Waals surface area contributed by atoms with Gasteiger partial charge < -0.3 is 14.7 Å². The molecule has 0 aliphatic rings. The number of aliphatic carboxylic acids is 1. The first kappa shape index (κ1) is 17.1. The van der Waals surface area contributed by atoms with Crippen molar-refractivity contribution >= 4 is 11.8 Å². The fourth-order valence-corrected chi connectivity index (χ4v) is 2.08. The highest BCUT2D eigenvalue weighted by Gasteiger charge is 2.23. The molecule has 0 heterocycles. The third-order valence-electron chi connectivity index (χ3n) is 2.65. The van der Waals surface area contributed by atoms with E-state index < -0.39 is 5.97 Å². The molecule has 18 heavy (non-hydrogen) atoms. The van der Waals surface area contributed by atoms with Crippen molar-refractivity contribution < 1.29 is 24.3 Å². The first-order chi connectivity index (χ1) is 8.24. The van der Waals surface area contributed by atoms with E-state index in [9.17, 15) is 9.59 Å². The molecule has 0 saturated heterocycles. The SMILES string of the molecule is C[N+](C)(C)CC(CC(=O)O)CC(=O)CCCCO. The summed E-state index contributed by atoms with van der Waals surface area (Å²) in [6, 6.07) is 0. The number of hydrogen-bond donors (Lipinski definition) is 2. The van der Waals surface area contributed by atoms with Gasteiger partial charge >= 0.3 is 5.97 Å². The van der Waals surface area contributed by atoms with Crippen LogP contribution in [-0.4, -0.2) is 60.7 Å². The number of aliphatic hydroxyl groups excluding tert-OH is 1. The van der Waals surface area contributed by atoms with E-state index in [1.807, 2.05) is 21.1 Å². The minimum absolute atomic E-state index is 0.0429. The Balaban J connectivity index is 4.22. The summed E-state index contributed by atoms with van der Waals surface area (Å²) in [4.78, 5) is 22.5. The summed E-state index contributed by atoms with van der Waals surface area (Å²) < 4.78 is 0.655. The molecule has 0 saturated carbocycles. The fourth-order valence-electron chi connectivity index (χ4n) is 2.08. The number of carboxylic acids is 1. The molecule has 0 bridgehead atoms. The predicted molar refractivity (Wildman–Crippen MR) is 69.2 cm³/mol. The van der Waals surface area contributed by atoms with Crippen LogP contribution in [-0.2, 0) is 9.59 Å². The molecule has 106 valence electrons. The van der Waals surface area contributed by atoms with Crippen LogP contribution in [0.15, 0.2) is 0 Å². The molecule has 0 fully saturated rings. The third kappa shape index (κ3) is 10.2. The quantitative estimate of drug-likeness (QED) is 0.452. The zero-order chi connectivity index (χ0) is 14.2. The van der Waals surface area contributed by atoms with E-state index in [1.54, 1.807) is 0 Å². The number of rotatable bonds is 10. The number of nitrogens with zero attached hydrogens (tertiary/aromatic N) is 1. The van der Waals surface area contributed by atoms with Crippen LogP contribution < -0.4 is 0 Å². The Morgan fingerprint density at radius 2 is 1.72 bits per heavy atom. The van der Waals surface area contributed by atoms with Gasteiger partial charge in [0.15, 0.2) is 0 Å². The number of Topliss-reactive ketones (excluding diaryl/α,β-unsaturated/α-hetero) is 1. The monoisotopic (exact) mass is 260 g/mol. The average Bonchev–Trinajstić information content (AvgIpc) is 2.13. The van der Waals surface area contributed by atoms with Crippen LogP contribution in [0.25, 0.3) is 0 Å². The first-order valence-electron chi connectivity index (χ1n) is 6.39. The molecule has 1 atom stereocenters. The summed E-state index contributed by atoms with van der Waals surface area (Å²) in [5, 5.41) is 17.5. The van der Waals surface area contributed by atoms with Gasteiger partial charge in [0.1, 0.15) is 5.78 Å². The van der Waals surface area contributed by atoms with Gasteiger partial charge in [-0.05, 0) is 12.8 Å². The lowest BCUT2D eigenvalue weighted by Crippen LogP contribution is -2.40. The molecule has 0 spiro atoms. The Hall–Kier alpha value is -0.940. The van der Waals surface area contributed by atoms with Crippen LogP contribution in [0.2, 0.25) is 0 Å². The molecule has 0 aromatic rings. The van der Waals surface area contributed by atoms with Crippen LogP contribution in [0.5, 0.6) is 0 Å². The zero-order valence-corrected chi connectivity index (χ0v) is 11.7. The Labute approximate surface area is 109 Å². The van der Waals surface area contributed by atoms with E-state index in [0.717, 1.165) is 0 Å². The summed E-state index contributed by atoms with van der Waals surface area (Å²) in [6.07, 6.45) is 2.12. The number of aliphatic hydroxyl groups is 1. The van der Waals surface area contributed by atoms with Crippen molar-refractivity contribution in [3.05, 3.63) is 0 Å². The number of carbonyl (C=O) groups excluding carboxylic acids is 1. The van der Waals surface area contributed by atoms with Gasteiger partial charge in [0.25, 0.3) is 0 Å². The summed E-state index contributed by atoms with van der Waals surface area (Å²) in [5.41, 5.74) is 0. The summed E-state index contributed by atoms with van der Waals surface area (Å²) in [7, 11) is 5.97. The van der Waals surface area contributed by atoms with E-state index in [4.69, 9.17) is 10.2 Å². The summed E-state index contributed by atoms with van der Waals surface area (Å²) in [5.74, 6) is -0.858. The highest BCUT2D eigenvalue weighted by molar-refractivity contribution is 5.79. The molecule has 5 nitrogen and oxygen atoms in total. The molecule has 0 aromatic carbocycles. The molecule has 0 radical (unpaired) electrons. The van der Waals surface area contributed by atoms with Crippen LogP contribution >= 0.6 is 0 Å². The van der Waals surface area contributed by atoms with E-state index in [1.165, 1.54) is 0 Å². The molecule has 0 aliphatic carbocycles. The number of unbranched alkanes of at least 4 members (excludes halogenated alkanes) is 1. The van der Waals surface area contributed by atoms with Gasteiger partial charge in [-0.25, -0.2) is 0 Å². The lowest BCUT2D eigenvalue weighted by atomic mass is 9.95. The Morgan fingerprint density at radius 1 is 1.11 bits per heavy atom. The molecule has 0 aliphatic heterocycles. The maximum absolute atomic E-state index is 11.7. The van der Waals surface area contributed by atoms with E-state index >= 15 is 0 Å². The number of quaternary nitrogens is 1. The minimum atomic E-state index is -0.850. The van der Waals surface area contributed by atoms with Crippen LogP contribution in [0.1, 0.15) is 32.1 Å². The third-order valence-corrected chi connectivity index (χ3v) is 2.65. The Bertz CT molecular complexity index is 271. The highest BCUT2D eigenvalue weighted by Crippen LogP contribution is 2.15. The van der Waals surface area contributed by atoms with Gasteiger partial charge in [0.05, 0.1) is 34.1 Å². The van der Waals surface area contributed by atoms with E-state index in [2.05, 4.69) is 0 Å². The van der Waals surface area contributed by atoms with E-state index in [0.29, 0.717) is 36.7 Å².